The average molecular weight is 637 g/mol. The molecule has 47 heavy (non-hydrogen) atoms. The van der Waals surface area contributed by atoms with E-state index >= 15 is 0 Å². The van der Waals surface area contributed by atoms with E-state index in [4.69, 9.17) is 0 Å². The third-order valence-electron chi connectivity index (χ3n) is 9.45. The Morgan fingerprint density at radius 1 is 0.511 bits per heavy atom. The molecule has 1 atom stereocenters. The molecule has 1 aliphatic heterocycles. The van der Waals surface area contributed by atoms with Gasteiger partial charge in [0.1, 0.15) is 5.37 Å². The molecule has 2 nitrogen and oxygen atoms in total. The molecule has 0 aliphatic carbocycles. The van der Waals surface area contributed by atoms with E-state index < -0.39 is 0 Å². The standard InChI is InChI=1S/C43H28N2S2/c1-3-12-27(13-4-1)34-26-38-40(33-17-8-10-21-37(33)46-38)42-41(34)44-43(47-42)29-24-22-28(23-25-29)31-18-11-20-36-39(31)32-16-7-9-19-35(32)45(36)30-14-5-2-6-15-30/h1-26,43-44H. The average Bonchev–Trinajstić information content (AvgIpc) is 3.84. The van der Waals surface area contributed by atoms with Gasteiger partial charge in [-0.2, -0.15) is 0 Å². The van der Waals surface area contributed by atoms with Gasteiger partial charge in [0.2, 0.25) is 0 Å². The maximum atomic E-state index is 3.96. The van der Waals surface area contributed by atoms with Crippen LogP contribution in [0.4, 0.5) is 5.69 Å². The number of thioether (sulfide) groups is 1. The van der Waals surface area contributed by atoms with E-state index in [0.717, 1.165) is 0 Å². The predicted molar refractivity (Wildman–Crippen MR) is 203 cm³/mol. The van der Waals surface area contributed by atoms with Crippen LogP contribution in [0.15, 0.2) is 163 Å². The number of hydrogen-bond donors (Lipinski definition) is 1. The summed E-state index contributed by atoms with van der Waals surface area (Å²) >= 11 is 3.84. The van der Waals surface area contributed by atoms with Crippen LogP contribution in [0, 0.1) is 0 Å². The zero-order valence-corrected chi connectivity index (χ0v) is 27.0. The monoisotopic (exact) mass is 636 g/mol. The summed E-state index contributed by atoms with van der Waals surface area (Å²) in [5, 5.41) is 9.37. The van der Waals surface area contributed by atoms with Crippen molar-refractivity contribution in [2.45, 2.75) is 10.3 Å². The summed E-state index contributed by atoms with van der Waals surface area (Å²) in [7, 11) is 0. The van der Waals surface area contributed by atoms with E-state index in [1.165, 1.54) is 86.1 Å². The van der Waals surface area contributed by atoms with Gasteiger partial charge in [0.25, 0.3) is 0 Å². The smallest absolute Gasteiger partial charge is 0.103 e. The fourth-order valence-electron chi connectivity index (χ4n) is 7.34. The van der Waals surface area contributed by atoms with Gasteiger partial charge in [-0.25, -0.2) is 0 Å². The number of fused-ring (bicyclic) bond motifs is 8. The Morgan fingerprint density at radius 2 is 1.19 bits per heavy atom. The zero-order valence-electron chi connectivity index (χ0n) is 25.4. The van der Waals surface area contributed by atoms with Crippen LogP contribution in [0.1, 0.15) is 10.9 Å². The number of anilines is 1. The van der Waals surface area contributed by atoms with Gasteiger partial charge in [0.15, 0.2) is 0 Å². The van der Waals surface area contributed by atoms with E-state index in [-0.39, 0.29) is 5.37 Å². The van der Waals surface area contributed by atoms with E-state index in [0.29, 0.717) is 0 Å². The number of thiophene rings is 1. The summed E-state index contributed by atoms with van der Waals surface area (Å²) < 4.78 is 5.07. The molecule has 0 radical (unpaired) electrons. The molecule has 10 rings (SSSR count). The van der Waals surface area contributed by atoms with Crippen molar-refractivity contribution in [1.82, 2.24) is 4.57 Å². The summed E-state index contributed by atoms with van der Waals surface area (Å²) in [5.41, 5.74) is 11.2. The van der Waals surface area contributed by atoms with Crippen LogP contribution >= 0.6 is 23.1 Å². The Labute approximate surface area is 280 Å². The van der Waals surface area contributed by atoms with Crippen molar-refractivity contribution in [2.24, 2.45) is 0 Å². The Hall–Kier alpha value is -5.29. The lowest BCUT2D eigenvalue weighted by atomic mass is 9.98. The van der Waals surface area contributed by atoms with Crippen molar-refractivity contribution in [3.8, 4) is 27.9 Å². The lowest BCUT2D eigenvalue weighted by molar-refractivity contribution is 1.14. The molecule has 2 aromatic heterocycles. The third kappa shape index (κ3) is 4.19. The van der Waals surface area contributed by atoms with Crippen LogP contribution in [-0.2, 0) is 0 Å². The molecule has 0 saturated carbocycles. The predicted octanol–water partition coefficient (Wildman–Crippen LogP) is 12.7. The molecule has 222 valence electrons. The van der Waals surface area contributed by atoms with E-state index in [1.54, 1.807) is 0 Å². The van der Waals surface area contributed by atoms with Gasteiger partial charge in [-0.1, -0.05) is 133 Å². The first-order chi connectivity index (χ1) is 23.3. The minimum absolute atomic E-state index is 0.126. The highest BCUT2D eigenvalue weighted by Gasteiger charge is 2.29. The number of aromatic nitrogens is 1. The van der Waals surface area contributed by atoms with Gasteiger partial charge < -0.3 is 9.88 Å². The van der Waals surface area contributed by atoms with E-state index in [9.17, 15) is 0 Å². The molecular formula is C43H28N2S2. The van der Waals surface area contributed by atoms with Gasteiger partial charge >= 0.3 is 0 Å². The topological polar surface area (TPSA) is 17.0 Å². The molecule has 9 aromatic rings. The molecule has 1 aliphatic rings. The second-order valence-corrected chi connectivity index (χ2v) is 14.3. The quantitative estimate of drug-likeness (QED) is 0.207. The highest BCUT2D eigenvalue weighted by Crippen LogP contribution is 2.56. The maximum Gasteiger partial charge on any atom is 0.103 e. The number of rotatable bonds is 4. The molecule has 0 amide bonds. The first kappa shape index (κ1) is 26.9. The van der Waals surface area contributed by atoms with Crippen molar-refractivity contribution in [2.75, 3.05) is 5.32 Å². The summed E-state index contributed by atoms with van der Waals surface area (Å²) in [6.45, 7) is 0. The fraction of sp³-hybridized carbons (Fsp3) is 0.0233. The largest absolute Gasteiger partial charge is 0.368 e. The number of nitrogens with zero attached hydrogens (tertiary/aromatic N) is 1. The van der Waals surface area contributed by atoms with Gasteiger partial charge in [-0.05, 0) is 58.7 Å². The summed E-state index contributed by atoms with van der Waals surface area (Å²) in [6, 6.07) is 57.4. The fourth-order valence-corrected chi connectivity index (χ4v) is 9.89. The minimum Gasteiger partial charge on any atom is -0.368 e. The number of benzene rings is 7. The number of hydrogen-bond acceptors (Lipinski definition) is 3. The molecule has 0 fully saturated rings. The molecule has 0 saturated heterocycles. The van der Waals surface area contributed by atoms with E-state index in [1.807, 2.05) is 23.1 Å². The van der Waals surface area contributed by atoms with Gasteiger partial charge in [-0.15, -0.1) is 11.3 Å². The SMILES string of the molecule is c1ccc(-c2cc3sc4ccccc4c3c3c2NC(c2ccc(-c4cccc5c4c4ccccc4n5-c4ccccc4)cc2)S3)cc1. The minimum atomic E-state index is 0.126. The molecule has 3 heterocycles. The van der Waals surface area contributed by atoms with Gasteiger partial charge in [0.05, 0.1) is 16.7 Å². The normalized spacial score (nSPS) is 14.3. The van der Waals surface area contributed by atoms with Crippen LogP contribution in [0.5, 0.6) is 0 Å². The second kappa shape index (κ2) is 10.6. The van der Waals surface area contributed by atoms with Gasteiger partial charge in [0, 0.05) is 47.1 Å². The number of para-hydroxylation sites is 2. The second-order valence-electron chi connectivity index (χ2n) is 12.1. The summed E-state index contributed by atoms with van der Waals surface area (Å²) in [5.74, 6) is 0. The molecule has 4 heteroatoms. The zero-order chi connectivity index (χ0) is 30.9. The summed E-state index contributed by atoms with van der Waals surface area (Å²) in [6.07, 6.45) is 0. The lowest BCUT2D eigenvalue weighted by Gasteiger charge is -2.14. The summed E-state index contributed by atoms with van der Waals surface area (Å²) in [4.78, 5) is 1.35. The van der Waals surface area contributed by atoms with E-state index in [2.05, 4.69) is 168 Å². The maximum absolute atomic E-state index is 3.96. The van der Waals surface area contributed by atoms with Gasteiger partial charge in [-0.3, -0.25) is 0 Å². The van der Waals surface area contributed by atoms with Crippen molar-refractivity contribution in [1.29, 1.82) is 0 Å². The third-order valence-corrected chi connectivity index (χ3v) is 11.8. The van der Waals surface area contributed by atoms with Crippen molar-refractivity contribution in [3.63, 3.8) is 0 Å². The van der Waals surface area contributed by atoms with Crippen LogP contribution in [0.3, 0.4) is 0 Å². The molecule has 0 spiro atoms. The lowest BCUT2D eigenvalue weighted by Crippen LogP contribution is -2.02. The Morgan fingerprint density at radius 3 is 2.02 bits per heavy atom. The van der Waals surface area contributed by atoms with Crippen LogP contribution in [-0.4, -0.2) is 4.57 Å². The molecule has 1 N–H and O–H groups in total. The highest BCUT2D eigenvalue weighted by molar-refractivity contribution is 8.00. The Bertz CT molecular complexity index is 2620. The molecule has 1 unspecified atom stereocenters. The first-order valence-corrected chi connectivity index (χ1v) is 17.7. The van der Waals surface area contributed by atoms with Crippen molar-refractivity contribution < 1.29 is 0 Å². The molecule has 0 bridgehead atoms. The molecule has 7 aromatic carbocycles. The van der Waals surface area contributed by atoms with Crippen LogP contribution in [0.2, 0.25) is 0 Å². The van der Waals surface area contributed by atoms with Crippen molar-refractivity contribution >= 4 is 70.8 Å². The van der Waals surface area contributed by atoms with Crippen molar-refractivity contribution in [3.05, 3.63) is 163 Å². The number of nitrogens with one attached hydrogen (secondary N) is 1. The first-order valence-electron chi connectivity index (χ1n) is 16.0. The van der Waals surface area contributed by atoms with Crippen LogP contribution < -0.4 is 5.32 Å². The van der Waals surface area contributed by atoms with Crippen LogP contribution in [0.25, 0.3) is 69.9 Å². The Balaban J connectivity index is 1.08. The highest BCUT2D eigenvalue weighted by atomic mass is 32.2. The Kier molecular flexibility index (Phi) is 6.08. The molecular weight excluding hydrogens is 609 g/mol.